The van der Waals surface area contributed by atoms with E-state index < -0.39 is 5.60 Å². The van der Waals surface area contributed by atoms with Gasteiger partial charge in [-0.3, -0.25) is 9.98 Å². The molecule has 1 aromatic heterocycles. The predicted octanol–water partition coefficient (Wildman–Crippen LogP) is 3.57. The van der Waals surface area contributed by atoms with Gasteiger partial charge in [0.15, 0.2) is 5.96 Å². The summed E-state index contributed by atoms with van der Waals surface area (Å²) in [4.78, 5) is 23.1. The van der Waals surface area contributed by atoms with Crippen molar-refractivity contribution in [2.45, 2.75) is 45.3 Å². The third-order valence-corrected chi connectivity index (χ3v) is 4.81. The van der Waals surface area contributed by atoms with E-state index in [2.05, 4.69) is 49.8 Å². The molecule has 1 atom stereocenters. The van der Waals surface area contributed by atoms with Crippen LogP contribution in [-0.4, -0.2) is 60.3 Å². The number of guanidine groups is 1. The quantitative estimate of drug-likeness (QED) is 0.363. The average molecular weight is 525 g/mol. The smallest absolute Gasteiger partial charge is 0.407 e. The van der Waals surface area contributed by atoms with E-state index in [4.69, 9.17) is 4.74 Å². The van der Waals surface area contributed by atoms with E-state index in [1.807, 2.05) is 33.0 Å². The van der Waals surface area contributed by atoms with Crippen LogP contribution in [-0.2, 0) is 11.2 Å². The van der Waals surface area contributed by atoms with Crippen molar-refractivity contribution in [2.24, 2.45) is 4.99 Å². The second-order valence-electron chi connectivity index (χ2n) is 8.29. The lowest BCUT2D eigenvalue weighted by Crippen LogP contribution is -2.44. The molecule has 0 saturated carbocycles. The summed E-state index contributed by atoms with van der Waals surface area (Å²) in [6.45, 7) is 7.92. The second kappa shape index (κ2) is 10.8. The molecule has 2 aromatic rings. The Labute approximate surface area is 195 Å². The number of carbonyl (C=O) groups is 1. The summed E-state index contributed by atoms with van der Waals surface area (Å²) < 4.78 is 5.35. The van der Waals surface area contributed by atoms with Crippen molar-refractivity contribution in [3.63, 3.8) is 0 Å². The van der Waals surface area contributed by atoms with Crippen molar-refractivity contribution in [1.82, 2.24) is 20.5 Å². The monoisotopic (exact) mass is 525 g/mol. The van der Waals surface area contributed by atoms with Crippen LogP contribution in [0, 0.1) is 0 Å². The van der Waals surface area contributed by atoms with Gasteiger partial charge >= 0.3 is 6.09 Å². The topological polar surface area (TPSA) is 78.9 Å². The van der Waals surface area contributed by atoms with E-state index in [1.54, 1.807) is 7.05 Å². The Hall–Kier alpha value is -2.10. The Balaban J connectivity index is 0.00000320. The Morgan fingerprint density at radius 3 is 2.80 bits per heavy atom. The maximum absolute atomic E-state index is 12.0. The summed E-state index contributed by atoms with van der Waals surface area (Å²) >= 11 is 0. The summed E-state index contributed by atoms with van der Waals surface area (Å²) in [7, 11) is 1.79. The highest BCUT2D eigenvalue weighted by atomic mass is 127. The summed E-state index contributed by atoms with van der Waals surface area (Å²) in [6, 6.07) is 10.4. The number of fused-ring (bicyclic) bond motifs is 1. The van der Waals surface area contributed by atoms with Crippen LogP contribution in [0.3, 0.4) is 0 Å². The number of alkyl carbamates (subject to hydrolysis) is 1. The molecule has 0 unspecified atom stereocenters. The van der Waals surface area contributed by atoms with Crippen LogP contribution in [0.25, 0.3) is 10.9 Å². The molecule has 0 radical (unpaired) electrons. The number of amides is 1. The SMILES string of the molecule is CN=C(NCCc1cccc2cccnc12)N1CC[C@@H](NC(=O)OC(C)(C)C)C1.I. The average Bonchev–Trinajstić information content (AvgIpc) is 3.11. The first-order chi connectivity index (χ1) is 13.9. The number of nitrogens with zero attached hydrogens (tertiary/aromatic N) is 3. The van der Waals surface area contributed by atoms with Crippen LogP contribution < -0.4 is 10.6 Å². The number of aliphatic imine (C=N–C) groups is 1. The predicted molar refractivity (Wildman–Crippen MR) is 132 cm³/mol. The van der Waals surface area contributed by atoms with Crippen LogP contribution in [0.1, 0.15) is 32.8 Å². The molecule has 1 saturated heterocycles. The van der Waals surface area contributed by atoms with E-state index in [9.17, 15) is 4.79 Å². The summed E-state index contributed by atoms with van der Waals surface area (Å²) in [5.74, 6) is 0.853. The fraction of sp³-hybridized carbons (Fsp3) is 0.500. The number of ether oxygens (including phenoxy) is 1. The maximum atomic E-state index is 12.0. The summed E-state index contributed by atoms with van der Waals surface area (Å²) in [6.07, 6.45) is 3.20. The summed E-state index contributed by atoms with van der Waals surface area (Å²) in [5.41, 5.74) is 1.78. The van der Waals surface area contributed by atoms with Gasteiger partial charge in [0.25, 0.3) is 0 Å². The van der Waals surface area contributed by atoms with Crippen LogP contribution in [0.5, 0.6) is 0 Å². The fourth-order valence-corrected chi connectivity index (χ4v) is 3.56. The van der Waals surface area contributed by atoms with Crippen molar-refractivity contribution >= 4 is 46.9 Å². The molecule has 1 aromatic carbocycles. The van der Waals surface area contributed by atoms with E-state index in [0.29, 0.717) is 0 Å². The fourth-order valence-electron chi connectivity index (χ4n) is 3.56. The van der Waals surface area contributed by atoms with Crippen molar-refractivity contribution < 1.29 is 9.53 Å². The zero-order valence-electron chi connectivity index (χ0n) is 18.1. The first kappa shape index (κ1) is 24.2. The van der Waals surface area contributed by atoms with Gasteiger partial charge < -0.3 is 20.3 Å². The van der Waals surface area contributed by atoms with Crippen molar-refractivity contribution in [2.75, 3.05) is 26.7 Å². The Morgan fingerprint density at radius 1 is 1.30 bits per heavy atom. The molecule has 164 valence electrons. The Morgan fingerprint density at radius 2 is 2.07 bits per heavy atom. The van der Waals surface area contributed by atoms with Crippen LogP contribution >= 0.6 is 24.0 Å². The number of rotatable bonds is 4. The molecule has 3 rings (SSSR count). The highest BCUT2D eigenvalue weighted by Crippen LogP contribution is 2.16. The van der Waals surface area contributed by atoms with Crippen LogP contribution in [0.15, 0.2) is 41.5 Å². The maximum Gasteiger partial charge on any atom is 0.407 e. The van der Waals surface area contributed by atoms with E-state index in [-0.39, 0.29) is 36.1 Å². The minimum Gasteiger partial charge on any atom is -0.444 e. The molecule has 2 heterocycles. The van der Waals surface area contributed by atoms with Gasteiger partial charge in [-0.05, 0) is 45.2 Å². The van der Waals surface area contributed by atoms with Crippen molar-refractivity contribution in [3.05, 3.63) is 42.1 Å². The largest absolute Gasteiger partial charge is 0.444 e. The number of benzene rings is 1. The van der Waals surface area contributed by atoms with Gasteiger partial charge in [0, 0.05) is 38.3 Å². The Bertz CT molecular complexity index is 876. The van der Waals surface area contributed by atoms with Gasteiger partial charge in [-0.2, -0.15) is 0 Å². The molecule has 1 aliphatic rings. The molecule has 0 bridgehead atoms. The number of likely N-dealkylation sites (tertiary alicyclic amines) is 1. The minimum atomic E-state index is -0.490. The summed E-state index contributed by atoms with van der Waals surface area (Å²) in [5, 5.41) is 7.55. The third kappa shape index (κ3) is 6.72. The minimum absolute atomic E-state index is 0. The van der Waals surface area contributed by atoms with Crippen LogP contribution in [0.4, 0.5) is 4.79 Å². The van der Waals surface area contributed by atoms with E-state index in [1.165, 1.54) is 5.56 Å². The number of hydrogen-bond acceptors (Lipinski definition) is 4. The lowest BCUT2D eigenvalue weighted by Gasteiger charge is -2.23. The molecular weight excluding hydrogens is 493 g/mol. The normalized spacial score (nSPS) is 16.9. The molecule has 7 nitrogen and oxygen atoms in total. The van der Waals surface area contributed by atoms with Gasteiger partial charge in [-0.15, -0.1) is 24.0 Å². The number of halogens is 1. The van der Waals surface area contributed by atoms with E-state index >= 15 is 0 Å². The zero-order valence-corrected chi connectivity index (χ0v) is 20.5. The number of carbonyl (C=O) groups excluding carboxylic acids is 1. The Kier molecular flexibility index (Phi) is 8.69. The zero-order chi connectivity index (χ0) is 20.9. The number of nitrogens with one attached hydrogen (secondary N) is 2. The first-order valence-corrected chi connectivity index (χ1v) is 10.1. The molecule has 8 heteroatoms. The number of hydrogen-bond donors (Lipinski definition) is 2. The molecule has 1 amide bonds. The second-order valence-corrected chi connectivity index (χ2v) is 8.29. The lowest BCUT2D eigenvalue weighted by molar-refractivity contribution is 0.0507. The van der Waals surface area contributed by atoms with Gasteiger partial charge in [-0.25, -0.2) is 4.79 Å². The molecule has 1 aliphatic heterocycles. The highest BCUT2D eigenvalue weighted by Gasteiger charge is 2.27. The van der Waals surface area contributed by atoms with Crippen LogP contribution in [0.2, 0.25) is 0 Å². The van der Waals surface area contributed by atoms with Gasteiger partial charge in [-0.1, -0.05) is 24.3 Å². The van der Waals surface area contributed by atoms with Crippen molar-refractivity contribution in [3.8, 4) is 0 Å². The molecular formula is C22H32IN5O2. The first-order valence-electron chi connectivity index (χ1n) is 10.1. The number of para-hydroxylation sites is 1. The molecule has 0 spiro atoms. The molecule has 0 aliphatic carbocycles. The third-order valence-electron chi connectivity index (χ3n) is 4.81. The van der Waals surface area contributed by atoms with Gasteiger partial charge in [0.2, 0.25) is 0 Å². The van der Waals surface area contributed by atoms with Crippen molar-refractivity contribution in [1.29, 1.82) is 0 Å². The molecule has 1 fully saturated rings. The van der Waals surface area contributed by atoms with Gasteiger partial charge in [0.05, 0.1) is 11.6 Å². The van der Waals surface area contributed by atoms with E-state index in [0.717, 1.165) is 49.3 Å². The standard InChI is InChI=1S/C22H31N5O2.HI/c1-22(2,3)29-21(28)26-18-11-14-27(15-18)20(23-4)25-13-10-17-8-5-7-16-9-6-12-24-19(16)17;/h5-9,12,18H,10-11,13-15H2,1-4H3,(H,23,25)(H,26,28);1H/t18-;/m1./s1. The number of aromatic nitrogens is 1. The van der Waals surface area contributed by atoms with Gasteiger partial charge in [0.1, 0.15) is 5.60 Å². The number of pyridine rings is 1. The molecule has 30 heavy (non-hydrogen) atoms. The highest BCUT2D eigenvalue weighted by molar-refractivity contribution is 14.0. The lowest BCUT2D eigenvalue weighted by atomic mass is 10.1. The molecule has 2 N–H and O–H groups in total.